The van der Waals surface area contributed by atoms with Crippen LogP contribution >= 0.6 is 23.1 Å². The molecule has 0 unspecified atom stereocenters. The van der Waals surface area contributed by atoms with Crippen LogP contribution in [0.2, 0.25) is 0 Å². The number of H-pyrrole nitrogens is 1. The smallest absolute Gasteiger partial charge is 0.215 e. The van der Waals surface area contributed by atoms with Gasteiger partial charge in [0.15, 0.2) is 11.5 Å². The molecule has 20 heavy (non-hydrogen) atoms. The van der Waals surface area contributed by atoms with Crippen LogP contribution in [0.4, 0.5) is 0 Å². The lowest BCUT2D eigenvalue weighted by molar-refractivity contribution is 0.702. The lowest BCUT2D eigenvalue weighted by atomic mass is 10.4. The molecular weight excluding hydrogens is 296 g/mol. The molecule has 0 saturated heterocycles. The molecule has 4 aromatic heterocycles. The Morgan fingerprint density at radius 3 is 3.15 bits per heavy atom. The molecule has 0 radical (unpaired) electrons. The highest BCUT2D eigenvalue weighted by Crippen LogP contribution is 2.26. The molecule has 0 spiro atoms. The molecule has 0 aliphatic heterocycles. The van der Waals surface area contributed by atoms with Gasteiger partial charge in [-0.3, -0.25) is 5.10 Å². The van der Waals surface area contributed by atoms with Crippen molar-refractivity contribution in [1.29, 1.82) is 0 Å². The summed E-state index contributed by atoms with van der Waals surface area (Å²) in [6.07, 6.45) is 0. The fraction of sp³-hybridized carbons (Fsp3) is 0. The summed E-state index contributed by atoms with van der Waals surface area (Å²) >= 11 is 2.96. The van der Waals surface area contributed by atoms with Crippen LogP contribution in [0.1, 0.15) is 0 Å². The van der Waals surface area contributed by atoms with Gasteiger partial charge in [-0.05, 0) is 45.8 Å². The van der Waals surface area contributed by atoms with Gasteiger partial charge in [-0.2, -0.15) is 0 Å². The van der Waals surface area contributed by atoms with Gasteiger partial charge in [0, 0.05) is 0 Å². The predicted octanol–water partition coefficient (Wildman–Crippen LogP) is 1.52. The Morgan fingerprint density at radius 1 is 1.25 bits per heavy atom. The van der Waals surface area contributed by atoms with Crippen molar-refractivity contribution >= 4 is 28.7 Å². The molecule has 10 heteroatoms. The Balaban J connectivity index is 1.62. The van der Waals surface area contributed by atoms with Crippen LogP contribution in [0.5, 0.6) is 0 Å². The zero-order chi connectivity index (χ0) is 13.4. The van der Waals surface area contributed by atoms with Crippen molar-refractivity contribution in [3.8, 4) is 10.7 Å². The van der Waals surface area contributed by atoms with Gasteiger partial charge in [0.05, 0.1) is 4.88 Å². The predicted molar refractivity (Wildman–Crippen MR) is 72.4 cm³/mol. The highest BCUT2D eigenvalue weighted by molar-refractivity contribution is 7.99. The first-order valence-electron chi connectivity index (χ1n) is 5.58. The van der Waals surface area contributed by atoms with E-state index in [9.17, 15) is 0 Å². The minimum absolute atomic E-state index is 0.601. The van der Waals surface area contributed by atoms with E-state index in [0.717, 1.165) is 15.7 Å². The summed E-state index contributed by atoms with van der Waals surface area (Å²) in [6.45, 7) is 0. The maximum Gasteiger partial charge on any atom is 0.215 e. The number of rotatable bonds is 3. The topological polar surface area (TPSA) is 97.5 Å². The number of hydrogen-bond acceptors (Lipinski definition) is 8. The minimum atomic E-state index is 0.601. The fourth-order valence-corrected chi connectivity index (χ4v) is 2.93. The lowest BCUT2D eigenvalue weighted by Gasteiger charge is -1.94. The third-order valence-corrected chi connectivity index (χ3v) is 4.13. The Labute approximate surface area is 120 Å². The van der Waals surface area contributed by atoms with Crippen LogP contribution < -0.4 is 0 Å². The number of fused-ring (bicyclic) bond motifs is 1. The van der Waals surface area contributed by atoms with Gasteiger partial charge in [0.1, 0.15) is 5.03 Å². The van der Waals surface area contributed by atoms with Crippen LogP contribution in [0.15, 0.2) is 39.8 Å². The third-order valence-electron chi connectivity index (χ3n) is 2.46. The Kier molecular flexibility index (Phi) is 2.67. The standard InChI is InChI=1S/C10H6N8S2/c1-2-6(19-5-1)9-11-10(14-13-9)20-8-4-3-7-12-16-17-18(7)15-8/h1-5H,(H,11,13,14). The molecule has 0 aromatic carbocycles. The van der Waals surface area contributed by atoms with Crippen LogP contribution in [-0.4, -0.2) is 40.4 Å². The van der Waals surface area contributed by atoms with Gasteiger partial charge >= 0.3 is 0 Å². The molecule has 1 N–H and O–H groups in total. The quantitative estimate of drug-likeness (QED) is 0.612. The van der Waals surface area contributed by atoms with E-state index in [2.05, 4.69) is 35.8 Å². The maximum atomic E-state index is 4.42. The maximum absolute atomic E-state index is 4.42. The van der Waals surface area contributed by atoms with Crippen LogP contribution in [0.25, 0.3) is 16.3 Å². The Morgan fingerprint density at radius 2 is 2.25 bits per heavy atom. The first-order chi connectivity index (χ1) is 9.88. The number of thiophene rings is 1. The third kappa shape index (κ3) is 2.04. The van der Waals surface area contributed by atoms with E-state index >= 15 is 0 Å². The molecule has 4 rings (SSSR count). The van der Waals surface area contributed by atoms with Gasteiger partial charge in [-0.15, -0.1) is 31.3 Å². The largest absolute Gasteiger partial charge is 0.257 e. The second-order valence-electron chi connectivity index (χ2n) is 3.74. The zero-order valence-electron chi connectivity index (χ0n) is 9.83. The fourth-order valence-electron chi connectivity index (χ4n) is 1.60. The van der Waals surface area contributed by atoms with Crippen molar-refractivity contribution in [3.05, 3.63) is 29.6 Å². The Hall–Kier alpha value is -2.33. The van der Waals surface area contributed by atoms with Crippen molar-refractivity contribution in [2.75, 3.05) is 0 Å². The first-order valence-corrected chi connectivity index (χ1v) is 7.28. The zero-order valence-corrected chi connectivity index (χ0v) is 11.5. The highest BCUT2D eigenvalue weighted by Gasteiger charge is 2.09. The molecule has 0 aliphatic rings. The van der Waals surface area contributed by atoms with Crippen molar-refractivity contribution in [1.82, 2.24) is 40.4 Å². The summed E-state index contributed by atoms with van der Waals surface area (Å²) < 4.78 is 1.37. The summed E-state index contributed by atoms with van der Waals surface area (Å²) in [4.78, 5) is 5.47. The van der Waals surface area contributed by atoms with Gasteiger partial charge in [-0.1, -0.05) is 6.07 Å². The van der Waals surface area contributed by atoms with E-state index in [1.54, 1.807) is 17.4 Å². The van der Waals surface area contributed by atoms with Gasteiger partial charge in [-0.25, -0.2) is 4.98 Å². The number of tetrazole rings is 1. The van der Waals surface area contributed by atoms with Gasteiger partial charge < -0.3 is 0 Å². The second-order valence-corrected chi connectivity index (χ2v) is 5.68. The molecule has 8 nitrogen and oxygen atoms in total. The SMILES string of the molecule is c1csc(-c2nc(Sc3ccc4nnnn4n3)n[nH]2)c1. The summed E-state index contributed by atoms with van der Waals surface area (Å²) in [5.74, 6) is 0.756. The van der Waals surface area contributed by atoms with Crippen molar-refractivity contribution in [3.63, 3.8) is 0 Å². The van der Waals surface area contributed by atoms with Crippen molar-refractivity contribution in [2.45, 2.75) is 10.2 Å². The number of aromatic nitrogens is 8. The molecule has 0 bridgehead atoms. The van der Waals surface area contributed by atoms with Crippen LogP contribution in [0.3, 0.4) is 0 Å². The van der Waals surface area contributed by atoms with Crippen LogP contribution in [0, 0.1) is 0 Å². The molecule has 0 aliphatic carbocycles. The van der Waals surface area contributed by atoms with Crippen molar-refractivity contribution < 1.29 is 0 Å². The van der Waals surface area contributed by atoms with E-state index in [4.69, 9.17) is 0 Å². The average Bonchev–Trinajstić information content (AvgIpc) is 3.19. The van der Waals surface area contributed by atoms with E-state index in [1.165, 1.54) is 16.4 Å². The van der Waals surface area contributed by atoms with Gasteiger partial charge in [0.2, 0.25) is 5.16 Å². The molecular formula is C10H6N8S2. The second kappa shape index (κ2) is 4.65. The summed E-state index contributed by atoms with van der Waals surface area (Å²) in [5.41, 5.74) is 0.601. The first kappa shape index (κ1) is 11.5. The summed E-state index contributed by atoms with van der Waals surface area (Å²) in [5, 5.41) is 25.8. The average molecular weight is 302 g/mol. The van der Waals surface area contributed by atoms with E-state index in [-0.39, 0.29) is 0 Å². The molecule has 0 saturated carbocycles. The molecule has 98 valence electrons. The summed E-state index contributed by atoms with van der Waals surface area (Å²) in [7, 11) is 0. The number of hydrogen-bond donors (Lipinski definition) is 1. The molecule has 4 heterocycles. The van der Waals surface area contributed by atoms with E-state index in [0.29, 0.717) is 10.8 Å². The number of nitrogens with one attached hydrogen (secondary N) is 1. The minimum Gasteiger partial charge on any atom is -0.257 e. The Bertz CT molecular complexity index is 849. The van der Waals surface area contributed by atoms with Gasteiger partial charge in [0.25, 0.3) is 0 Å². The molecule has 4 aromatic rings. The molecule has 0 amide bonds. The van der Waals surface area contributed by atoms with E-state index in [1.807, 2.05) is 23.6 Å². The normalized spacial score (nSPS) is 11.2. The van der Waals surface area contributed by atoms with Crippen molar-refractivity contribution in [2.24, 2.45) is 0 Å². The number of aromatic amines is 1. The molecule has 0 atom stereocenters. The lowest BCUT2D eigenvalue weighted by Crippen LogP contribution is -1.95. The molecule has 0 fully saturated rings. The number of nitrogens with zero attached hydrogens (tertiary/aromatic N) is 7. The van der Waals surface area contributed by atoms with Crippen LogP contribution in [-0.2, 0) is 0 Å². The van der Waals surface area contributed by atoms with E-state index < -0.39 is 0 Å². The monoisotopic (exact) mass is 302 g/mol. The summed E-state index contributed by atoms with van der Waals surface area (Å²) in [6, 6.07) is 7.59. The highest BCUT2D eigenvalue weighted by atomic mass is 32.2.